The van der Waals surface area contributed by atoms with Crippen LogP contribution in [0.4, 0.5) is 6.01 Å². The number of nitriles is 1. The fourth-order valence-electron chi connectivity index (χ4n) is 2.86. The molecule has 25 heavy (non-hydrogen) atoms. The van der Waals surface area contributed by atoms with E-state index in [4.69, 9.17) is 9.68 Å². The summed E-state index contributed by atoms with van der Waals surface area (Å²) >= 11 is 0. The summed E-state index contributed by atoms with van der Waals surface area (Å²) in [5.41, 5.74) is 2.40. The second-order valence-electron chi connectivity index (χ2n) is 5.79. The molecule has 1 saturated heterocycles. The first kappa shape index (κ1) is 15.1. The summed E-state index contributed by atoms with van der Waals surface area (Å²) in [6, 6.07) is 13.0. The number of hydrogen-bond acceptors (Lipinski definition) is 6. The average molecular weight is 333 g/mol. The van der Waals surface area contributed by atoms with Crippen LogP contribution in [0.15, 0.2) is 47.0 Å². The van der Waals surface area contributed by atoms with Crippen molar-refractivity contribution >= 4 is 23.2 Å². The van der Waals surface area contributed by atoms with Gasteiger partial charge in [0.2, 0.25) is 5.71 Å². The Kier molecular flexibility index (Phi) is 3.78. The van der Waals surface area contributed by atoms with E-state index in [0.29, 0.717) is 49.0 Å². The van der Waals surface area contributed by atoms with Crippen LogP contribution in [0.2, 0.25) is 0 Å². The lowest BCUT2D eigenvalue weighted by Crippen LogP contribution is -2.48. The fourth-order valence-corrected chi connectivity index (χ4v) is 2.86. The van der Waals surface area contributed by atoms with Crippen LogP contribution in [-0.4, -0.2) is 47.0 Å². The van der Waals surface area contributed by atoms with Crippen molar-refractivity contribution in [2.75, 3.05) is 31.1 Å². The highest BCUT2D eigenvalue weighted by molar-refractivity contribution is 5.94. The lowest BCUT2D eigenvalue weighted by Gasteiger charge is -2.33. The predicted molar refractivity (Wildman–Crippen MR) is 91.1 cm³/mol. The number of aromatic nitrogens is 2. The number of anilines is 1. The zero-order valence-electron chi connectivity index (χ0n) is 13.4. The maximum Gasteiger partial charge on any atom is 0.299 e. The van der Waals surface area contributed by atoms with Crippen LogP contribution in [0.1, 0.15) is 15.9 Å². The third kappa shape index (κ3) is 2.90. The second kappa shape index (κ2) is 6.24. The van der Waals surface area contributed by atoms with Gasteiger partial charge in [-0.1, -0.05) is 0 Å². The molecule has 0 N–H and O–H groups in total. The highest BCUT2D eigenvalue weighted by Crippen LogP contribution is 2.21. The molecular weight excluding hydrogens is 318 g/mol. The lowest BCUT2D eigenvalue weighted by atomic mass is 10.1. The quantitative estimate of drug-likeness (QED) is 0.713. The molecule has 7 heteroatoms. The minimum atomic E-state index is -0.0247. The smallest absolute Gasteiger partial charge is 0.299 e. The molecule has 1 amide bonds. The molecule has 0 spiro atoms. The number of carbonyl (C=O) groups excluding carboxylic acids is 1. The zero-order chi connectivity index (χ0) is 17.2. The third-order valence-corrected chi connectivity index (χ3v) is 4.25. The molecule has 1 aliphatic rings. The van der Waals surface area contributed by atoms with Crippen LogP contribution in [-0.2, 0) is 0 Å². The number of nitrogens with zero attached hydrogens (tertiary/aromatic N) is 5. The van der Waals surface area contributed by atoms with Crippen LogP contribution in [0.25, 0.3) is 11.2 Å². The molecule has 7 nitrogen and oxygen atoms in total. The summed E-state index contributed by atoms with van der Waals surface area (Å²) < 4.78 is 5.68. The normalized spacial score (nSPS) is 14.5. The Hall–Kier alpha value is -3.40. The number of fused-ring (bicyclic) bond motifs is 1. The van der Waals surface area contributed by atoms with Gasteiger partial charge in [0, 0.05) is 37.9 Å². The molecular formula is C18H15N5O2. The first-order valence-corrected chi connectivity index (χ1v) is 8.00. The van der Waals surface area contributed by atoms with Crippen LogP contribution in [0.3, 0.4) is 0 Å². The van der Waals surface area contributed by atoms with E-state index in [9.17, 15) is 4.79 Å². The summed E-state index contributed by atoms with van der Waals surface area (Å²) in [6.45, 7) is 2.47. The number of piperazine rings is 1. The zero-order valence-corrected chi connectivity index (χ0v) is 13.4. The Bertz CT molecular complexity index is 917. The molecule has 1 aromatic carbocycles. The van der Waals surface area contributed by atoms with Gasteiger partial charge in [0.05, 0.1) is 11.6 Å². The standard InChI is InChI=1S/C18H15N5O2/c19-12-13-3-5-14(6-4-13)17(24)22-8-10-23(11-9-22)18-21-15-2-1-7-20-16(15)25-18/h1-7H,8-11H2. The molecule has 124 valence electrons. The molecule has 4 rings (SSSR count). The largest absolute Gasteiger partial charge is 0.404 e. The van der Waals surface area contributed by atoms with Gasteiger partial charge in [0.15, 0.2) is 0 Å². The Morgan fingerprint density at radius 1 is 1.12 bits per heavy atom. The fraction of sp³-hybridized carbons (Fsp3) is 0.222. The SMILES string of the molecule is N#Cc1ccc(C(=O)N2CCN(c3nc4cccnc4o3)CC2)cc1. The van der Waals surface area contributed by atoms with Gasteiger partial charge >= 0.3 is 0 Å². The van der Waals surface area contributed by atoms with E-state index in [1.165, 1.54) is 0 Å². The summed E-state index contributed by atoms with van der Waals surface area (Å²) in [4.78, 5) is 25.0. The van der Waals surface area contributed by atoms with E-state index in [2.05, 4.69) is 16.0 Å². The first-order valence-electron chi connectivity index (χ1n) is 8.00. The maximum absolute atomic E-state index is 12.6. The minimum Gasteiger partial charge on any atom is -0.404 e. The molecule has 1 aliphatic heterocycles. The van der Waals surface area contributed by atoms with E-state index < -0.39 is 0 Å². The number of hydrogen-bond donors (Lipinski definition) is 0. The van der Waals surface area contributed by atoms with Crippen molar-refractivity contribution in [3.8, 4) is 6.07 Å². The highest BCUT2D eigenvalue weighted by atomic mass is 16.4. The number of rotatable bonds is 2. The van der Waals surface area contributed by atoms with Gasteiger partial charge in [-0.15, -0.1) is 0 Å². The van der Waals surface area contributed by atoms with E-state index in [1.807, 2.05) is 17.0 Å². The molecule has 0 aliphatic carbocycles. The minimum absolute atomic E-state index is 0.0247. The van der Waals surface area contributed by atoms with Crippen molar-refractivity contribution in [3.63, 3.8) is 0 Å². The van der Waals surface area contributed by atoms with Gasteiger partial charge in [-0.3, -0.25) is 4.79 Å². The Labute approximate surface area is 144 Å². The molecule has 3 aromatic rings. The predicted octanol–water partition coefficient (Wildman–Crippen LogP) is 2.06. The molecule has 0 bridgehead atoms. The van der Waals surface area contributed by atoms with Gasteiger partial charge in [-0.25, -0.2) is 4.98 Å². The topological polar surface area (TPSA) is 86.3 Å². The molecule has 2 aromatic heterocycles. The molecule has 3 heterocycles. The Morgan fingerprint density at radius 2 is 1.88 bits per heavy atom. The van der Waals surface area contributed by atoms with Gasteiger partial charge < -0.3 is 14.2 Å². The van der Waals surface area contributed by atoms with Crippen LogP contribution >= 0.6 is 0 Å². The van der Waals surface area contributed by atoms with Crippen LogP contribution in [0, 0.1) is 11.3 Å². The average Bonchev–Trinajstić information content (AvgIpc) is 3.12. The number of amides is 1. The van der Waals surface area contributed by atoms with E-state index in [0.717, 1.165) is 5.52 Å². The molecule has 1 fully saturated rings. The maximum atomic E-state index is 12.6. The highest BCUT2D eigenvalue weighted by Gasteiger charge is 2.24. The Morgan fingerprint density at radius 3 is 2.56 bits per heavy atom. The molecule has 0 saturated carbocycles. The van der Waals surface area contributed by atoms with Gasteiger partial charge in [0.25, 0.3) is 11.9 Å². The van der Waals surface area contributed by atoms with E-state index in [1.54, 1.807) is 35.4 Å². The third-order valence-electron chi connectivity index (χ3n) is 4.25. The van der Waals surface area contributed by atoms with Crippen LogP contribution in [0.5, 0.6) is 0 Å². The van der Waals surface area contributed by atoms with Crippen molar-refractivity contribution in [2.45, 2.75) is 0 Å². The monoisotopic (exact) mass is 333 g/mol. The number of oxazole rings is 1. The summed E-state index contributed by atoms with van der Waals surface area (Å²) in [5, 5.41) is 8.84. The number of benzene rings is 1. The van der Waals surface area contributed by atoms with Gasteiger partial charge in [-0.2, -0.15) is 10.2 Å². The molecule has 0 unspecified atom stereocenters. The van der Waals surface area contributed by atoms with Crippen molar-refractivity contribution in [3.05, 3.63) is 53.7 Å². The first-order chi connectivity index (χ1) is 12.2. The number of pyridine rings is 1. The van der Waals surface area contributed by atoms with Gasteiger partial charge in [0.1, 0.15) is 5.52 Å². The number of carbonyl (C=O) groups is 1. The lowest BCUT2D eigenvalue weighted by molar-refractivity contribution is 0.0745. The molecule has 0 atom stereocenters. The van der Waals surface area contributed by atoms with Crippen molar-refractivity contribution in [1.82, 2.24) is 14.9 Å². The van der Waals surface area contributed by atoms with Crippen molar-refractivity contribution < 1.29 is 9.21 Å². The van der Waals surface area contributed by atoms with Gasteiger partial charge in [-0.05, 0) is 36.4 Å². The second-order valence-corrected chi connectivity index (χ2v) is 5.79. The summed E-state index contributed by atoms with van der Waals surface area (Å²) in [6.07, 6.45) is 1.67. The summed E-state index contributed by atoms with van der Waals surface area (Å²) in [7, 11) is 0. The van der Waals surface area contributed by atoms with Crippen molar-refractivity contribution in [1.29, 1.82) is 5.26 Å². The summed E-state index contributed by atoms with van der Waals surface area (Å²) in [5.74, 6) is -0.0247. The van der Waals surface area contributed by atoms with E-state index in [-0.39, 0.29) is 5.91 Å². The van der Waals surface area contributed by atoms with E-state index >= 15 is 0 Å². The molecule has 0 radical (unpaired) electrons. The van der Waals surface area contributed by atoms with Crippen molar-refractivity contribution in [2.24, 2.45) is 0 Å². The Balaban J connectivity index is 1.43. The van der Waals surface area contributed by atoms with Crippen LogP contribution < -0.4 is 4.90 Å².